The van der Waals surface area contributed by atoms with Gasteiger partial charge < -0.3 is 19.8 Å². The Labute approximate surface area is 116 Å². The van der Waals surface area contributed by atoms with Gasteiger partial charge in [0, 0.05) is 12.4 Å². The van der Waals surface area contributed by atoms with Crippen LogP contribution in [-0.4, -0.2) is 48.0 Å². The number of aliphatic hydroxyl groups is 1. The highest BCUT2D eigenvalue weighted by atomic mass is 16.7. The Kier molecular flexibility index (Phi) is 4.60. The van der Waals surface area contributed by atoms with E-state index in [0.717, 1.165) is 0 Å². The summed E-state index contributed by atoms with van der Waals surface area (Å²) in [6.07, 6.45) is 2.89. The number of aliphatic imine (C=N–C) groups is 1. The lowest BCUT2D eigenvalue weighted by atomic mass is 9.73. The Balaban J connectivity index is 2.82. The lowest BCUT2D eigenvalue weighted by molar-refractivity contribution is 0.00578. The van der Waals surface area contributed by atoms with Crippen molar-refractivity contribution in [2.24, 2.45) is 4.99 Å². The summed E-state index contributed by atoms with van der Waals surface area (Å²) in [6, 6.07) is 0. The monoisotopic (exact) mass is 268 g/mol. The molecule has 2 N–H and O–H groups in total. The van der Waals surface area contributed by atoms with E-state index in [2.05, 4.69) is 4.99 Å². The van der Waals surface area contributed by atoms with Gasteiger partial charge in [-0.25, -0.2) is 0 Å². The van der Waals surface area contributed by atoms with Crippen LogP contribution in [-0.2, 0) is 9.31 Å². The van der Waals surface area contributed by atoms with Crippen molar-refractivity contribution in [1.29, 1.82) is 5.41 Å². The third-order valence-corrected chi connectivity index (χ3v) is 3.76. The molecule has 1 rings (SSSR count). The predicted molar refractivity (Wildman–Crippen MR) is 78.3 cm³/mol. The maximum Gasteiger partial charge on any atom is 0.472 e. The van der Waals surface area contributed by atoms with E-state index in [-0.39, 0.29) is 12.4 Å². The van der Waals surface area contributed by atoms with Gasteiger partial charge in [0.1, 0.15) is 0 Å². The number of aliphatic hydroxyl groups excluding tert-OH is 1. The molecule has 0 aromatic carbocycles. The molecule has 0 bridgehead atoms. The quantitative estimate of drug-likeness (QED) is 0.591. The second-order valence-electron chi connectivity index (χ2n) is 6.62. The molecule has 5 nitrogen and oxygen atoms in total. The van der Waals surface area contributed by atoms with Crippen molar-refractivity contribution in [1.82, 2.24) is 0 Å². The van der Waals surface area contributed by atoms with E-state index < -0.39 is 23.9 Å². The number of nitrogens with one attached hydrogen (secondary N) is 1. The first kappa shape index (κ1) is 16.3. The van der Waals surface area contributed by atoms with Crippen LogP contribution in [0.5, 0.6) is 0 Å². The van der Waals surface area contributed by atoms with Crippen LogP contribution in [0.25, 0.3) is 0 Å². The maximum absolute atomic E-state index is 9.18. The summed E-state index contributed by atoms with van der Waals surface area (Å²) in [7, 11) is -0.513. The summed E-state index contributed by atoms with van der Waals surface area (Å²) < 4.78 is 11.8. The number of rotatable bonds is 5. The van der Waals surface area contributed by atoms with E-state index in [1.165, 1.54) is 6.21 Å². The molecule has 0 aromatic rings. The first-order chi connectivity index (χ1) is 8.54. The average molecular weight is 268 g/mol. The van der Waals surface area contributed by atoms with Gasteiger partial charge in [-0.05, 0) is 41.5 Å². The van der Waals surface area contributed by atoms with E-state index in [1.54, 1.807) is 6.21 Å². The van der Waals surface area contributed by atoms with Crippen LogP contribution in [0.15, 0.2) is 4.99 Å². The molecular weight excluding hydrogens is 243 g/mol. The summed E-state index contributed by atoms with van der Waals surface area (Å²) in [6.45, 7) is 11.5. The fraction of sp³-hybridized carbons (Fsp3) is 0.846. The van der Waals surface area contributed by atoms with Gasteiger partial charge in [0.15, 0.2) is 0 Å². The van der Waals surface area contributed by atoms with E-state index in [4.69, 9.17) is 14.7 Å². The van der Waals surface area contributed by atoms with Crippen molar-refractivity contribution in [3.05, 3.63) is 0 Å². The maximum atomic E-state index is 9.18. The minimum Gasteiger partial charge on any atom is -0.403 e. The Morgan fingerprint density at radius 1 is 1.26 bits per heavy atom. The SMILES string of the molecule is CC(C)(CO)N=CC(C=N)B1OC(C)(C)C(C)(C)O1. The smallest absolute Gasteiger partial charge is 0.403 e. The van der Waals surface area contributed by atoms with Crippen LogP contribution in [0.2, 0.25) is 5.82 Å². The molecule has 1 heterocycles. The summed E-state index contributed by atoms with van der Waals surface area (Å²) in [5.74, 6) is -0.355. The molecule has 1 fully saturated rings. The summed E-state index contributed by atoms with van der Waals surface area (Å²) in [4.78, 5) is 4.30. The van der Waals surface area contributed by atoms with Gasteiger partial charge in [-0.2, -0.15) is 0 Å². The molecule has 0 amide bonds. The van der Waals surface area contributed by atoms with Crippen molar-refractivity contribution in [3.63, 3.8) is 0 Å². The lowest BCUT2D eigenvalue weighted by Gasteiger charge is -2.32. The molecule has 1 unspecified atom stereocenters. The molecule has 0 aromatic heterocycles. The molecule has 0 spiro atoms. The third kappa shape index (κ3) is 3.65. The fourth-order valence-electron chi connectivity index (χ4n) is 1.57. The van der Waals surface area contributed by atoms with Gasteiger partial charge in [-0.3, -0.25) is 4.99 Å². The molecule has 1 saturated heterocycles. The van der Waals surface area contributed by atoms with Crippen LogP contribution < -0.4 is 0 Å². The Bertz CT molecular complexity index is 351. The van der Waals surface area contributed by atoms with Crippen molar-refractivity contribution in [3.8, 4) is 0 Å². The molecule has 0 aliphatic carbocycles. The number of nitrogens with zero attached hydrogens (tertiary/aromatic N) is 1. The van der Waals surface area contributed by atoms with Gasteiger partial charge in [-0.1, -0.05) is 0 Å². The van der Waals surface area contributed by atoms with Gasteiger partial charge in [-0.15, -0.1) is 0 Å². The van der Waals surface area contributed by atoms with Gasteiger partial charge in [0.05, 0.1) is 29.2 Å². The summed E-state index contributed by atoms with van der Waals surface area (Å²) in [5.41, 5.74) is -1.39. The fourth-order valence-corrected chi connectivity index (χ4v) is 1.57. The van der Waals surface area contributed by atoms with Crippen LogP contribution in [0, 0.1) is 5.41 Å². The highest BCUT2D eigenvalue weighted by Crippen LogP contribution is 2.39. The van der Waals surface area contributed by atoms with Gasteiger partial charge in [0.2, 0.25) is 0 Å². The lowest BCUT2D eigenvalue weighted by Crippen LogP contribution is -2.41. The highest BCUT2D eigenvalue weighted by Gasteiger charge is 2.53. The van der Waals surface area contributed by atoms with Crippen molar-refractivity contribution in [2.45, 2.75) is 64.1 Å². The van der Waals surface area contributed by atoms with Gasteiger partial charge >= 0.3 is 7.12 Å². The highest BCUT2D eigenvalue weighted by molar-refractivity contribution is 6.56. The molecule has 19 heavy (non-hydrogen) atoms. The standard InChI is InChI=1S/C13H25BN2O3/c1-11(2,9-17)16-8-10(7-15)14-18-12(3,4)13(5,6)19-14/h7-8,10,15,17H,9H2,1-6H3. The predicted octanol–water partition coefficient (Wildman–Crippen LogP) is 1.94. The zero-order valence-corrected chi connectivity index (χ0v) is 12.7. The second kappa shape index (κ2) is 5.35. The topological polar surface area (TPSA) is 74.9 Å². The third-order valence-electron chi connectivity index (χ3n) is 3.76. The van der Waals surface area contributed by atoms with Crippen molar-refractivity contribution < 1.29 is 14.4 Å². The second-order valence-corrected chi connectivity index (χ2v) is 6.62. The minimum atomic E-state index is -0.551. The molecule has 108 valence electrons. The zero-order chi connectivity index (χ0) is 14.9. The van der Waals surface area contributed by atoms with E-state index in [1.807, 2.05) is 41.5 Å². The molecule has 1 aliphatic heterocycles. The van der Waals surface area contributed by atoms with Crippen LogP contribution in [0.1, 0.15) is 41.5 Å². The normalized spacial score (nSPS) is 23.8. The molecule has 0 radical (unpaired) electrons. The average Bonchev–Trinajstić information content (AvgIpc) is 2.49. The summed E-state index contributed by atoms with van der Waals surface area (Å²) in [5, 5.41) is 16.7. The summed E-state index contributed by atoms with van der Waals surface area (Å²) >= 11 is 0. The zero-order valence-electron chi connectivity index (χ0n) is 12.7. The van der Waals surface area contributed by atoms with Crippen molar-refractivity contribution in [2.75, 3.05) is 6.61 Å². The first-order valence-corrected chi connectivity index (χ1v) is 6.57. The van der Waals surface area contributed by atoms with E-state index in [0.29, 0.717) is 0 Å². The Morgan fingerprint density at radius 3 is 2.11 bits per heavy atom. The van der Waals surface area contributed by atoms with Crippen molar-refractivity contribution >= 4 is 19.5 Å². The van der Waals surface area contributed by atoms with Crippen LogP contribution >= 0.6 is 0 Å². The van der Waals surface area contributed by atoms with Crippen LogP contribution in [0.3, 0.4) is 0 Å². The molecule has 6 heteroatoms. The number of hydrogen-bond donors (Lipinski definition) is 2. The number of hydrogen-bond acceptors (Lipinski definition) is 5. The Morgan fingerprint density at radius 2 is 1.74 bits per heavy atom. The molecular formula is C13H25BN2O3. The molecule has 0 saturated carbocycles. The largest absolute Gasteiger partial charge is 0.472 e. The van der Waals surface area contributed by atoms with E-state index in [9.17, 15) is 5.11 Å². The first-order valence-electron chi connectivity index (χ1n) is 6.57. The molecule has 1 aliphatic rings. The minimum absolute atomic E-state index is 0.0441. The molecule has 1 atom stereocenters. The van der Waals surface area contributed by atoms with Gasteiger partial charge in [0.25, 0.3) is 0 Å². The Hall–Kier alpha value is -0.715. The van der Waals surface area contributed by atoms with E-state index >= 15 is 0 Å². The van der Waals surface area contributed by atoms with Crippen LogP contribution in [0.4, 0.5) is 0 Å².